The zero-order valence-corrected chi connectivity index (χ0v) is 9.23. The van der Waals surface area contributed by atoms with Gasteiger partial charge in [0.2, 0.25) is 0 Å². The molecule has 0 aromatic carbocycles. The molecule has 0 bridgehead atoms. The van der Waals surface area contributed by atoms with Crippen LogP contribution < -0.4 is 5.73 Å². The van der Waals surface area contributed by atoms with Crippen molar-refractivity contribution in [1.29, 1.82) is 0 Å². The minimum atomic E-state index is 0.421. The lowest BCUT2D eigenvalue weighted by Gasteiger charge is -1.98. The monoisotopic (exact) mass is 221 g/mol. The molecule has 2 rings (SSSR count). The Morgan fingerprint density at radius 1 is 1.31 bits per heavy atom. The van der Waals surface area contributed by atoms with E-state index >= 15 is 0 Å². The first-order valence-corrected chi connectivity index (χ1v) is 5.18. The van der Waals surface area contributed by atoms with Crippen LogP contribution in [-0.4, -0.2) is 0 Å². The van der Waals surface area contributed by atoms with E-state index in [9.17, 15) is 0 Å². The predicted molar refractivity (Wildman–Crippen MR) is 58.5 cm³/mol. The Hall–Kier alpha value is -1.52. The van der Waals surface area contributed by atoms with Crippen molar-refractivity contribution in [3.8, 4) is 0 Å². The molecule has 0 aliphatic rings. The van der Waals surface area contributed by atoms with Crippen LogP contribution in [0.15, 0.2) is 33.3 Å². The molecule has 4 heteroatoms. The quantitative estimate of drug-likeness (QED) is 0.841. The van der Waals surface area contributed by atoms with Crippen molar-refractivity contribution in [2.24, 2.45) is 5.73 Å². The fourth-order valence-electron chi connectivity index (χ4n) is 1.51. The normalized spacial score (nSPS) is 10.9. The summed E-state index contributed by atoms with van der Waals surface area (Å²) >= 11 is 0. The van der Waals surface area contributed by atoms with Crippen LogP contribution in [0.5, 0.6) is 0 Å². The highest BCUT2D eigenvalue weighted by Gasteiger charge is 2.06. The van der Waals surface area contributed by atoms with E-state index < -0.39 is 0 Å². The summed E-state index contributed by atoms with van der Waals surface area (Å²) < 4.78 is 16.1. The van der Waals surface area contributed by atoms with Gasteiger partial charge >= 0.3 is 0 Å². The predicted octanol–water partition coefficient (Wildman–Crippen LogP) is 2.36. The van der Waals surface area contributed by atoms with Gasteiger partial charge in [-0.15, -0.1) is 0 Å². The summed E-state index contributed by atoms with van der Waals surface area (Å²) in [6, 6.07) is 5.66. The van der Waals surface area contributed by atoms with Gasteiger partial charge in [-0.3, -0.25) is 0 Å². The van der Waals surface area contributed by atoms with E-state index in [1.807, 2.05) is 25.1 Å². The third kappa shape index (κ3) is 2.53. The van der Waals surface area contributed by atoms with Crippen LogP contribution in [-0.2, 0) is 24.5 Å². The highest BCUT2D eigenvalue weighted by molar-refractivity contribution is 5.19. The molecule has 0 aliphatic heterocycles. The fourth-order valence-corrected chi connectivity index (χ4v) is 1.51. The van der Waals surface area contributed by atoms with Gasteiger partial charge in [0.25, 0.3) is 0 Å². The van der Waals surface area contributed by atoms with Crippen LogP contribution in [0.25, 0.3) is 0 Å². The van der Waals surface area contributed by atoms with Crippen LogP contribution in [0.2, 0.25) is 0 Å². The van der Waals surface area contributed by atoms with Crippen LogP contribution in [0.3, 0.4) is 0 Å². The number of hydrogen-bond donors (Lipinski definition) is 1. The van der Waals surface area contributed by atoms with Gasteiger partial charge < -0.3 is 19.3 Å². The molecule has 0 spiro atoms. The number of aryl methyl sites for hydroxylation is 1. The van der Waals surface area contributed by atoms with Gasteiger partial charge in [-0.05, 0) is 30.7 Å². The molecule has 2 heterocycles. The van der Waals surface area contributed by atoms with Gasteiger partial charge in [0.1, 0.15) is 30.5 Å². The van der Waals surface area contributed by atoms with Crippen molar-refractivity contribution in [1.82, 2.24) is 0 Å². The lowest BCUT2D eigenvalue weighted by Crippen LogP contribution is -1.95. The van der Waals surface area contributed by atoms with E-state index in [1.54, 1.807) is 6.26 Å². The topological polar surface area (TPSA) is 61.5 Å². The third-order valence-corrected chi connectivity index (χ3v) is 2.33. The summed E-state index contributed by atoms with van der Waals surface area (Å²) in [4.78, 5) is 0. The van der Waals surface area contributed by atoms with E-state index in [4.69, 9.17) is 19.3 Å². The van der Waals surface area contributed by atoms with Crippen LogP contribution >= 0.6 is 0 Å². The van der Waals surface area contributed by atoms with Crippen molar-refractivity contribution in [3.63, 3.8) is 0 Å². The Morgan fingerprint density at radius 2 is 2.12 bits per heavy atom. The maximum absolute atomic E-state index is 5.52. The minimum Gasteiger partial charge on any atom is -0.467 e. The summed E-state index contributed by atoms with van der Waals surface area (Å²) in [5, 5.41) is 0. The van der Waals surface area contributed by atoms with E-state index in [1.165, 1.54) is 0 Å². The van der Waals surface area contributed by atoms with Crippen molar-refractivity contribution < 1.29 is 13.6 Å². The zero-order chi connectivity index (χ0) is 11.4. The second-order valence-corrected chi connectivity index (χ2v) is 3.60. The molecule has 2 N–H and O–H groups in total. The second-order valence-electron chi connectivity index (χ2n) is 3.60. The van der Waals surface area contributed by atoms with E-state index in [0.717, 1.165) is 22.8 Å². The SMILES string of the molecule is Cc1cc(COCc2ccco2)oc1CN. The van der Waals surface area contributed by atoms with Crippen molar-refractivity contribution >= 4 is 0 Å². The number of hydrogen-bond acceptors (Lipinski definition) is 4. The van der Waals surface area contributed by atoms with Crippen LogP contribution in [0.4, 0.5) is 0 Å². The number of nitrogens with two attached hydrogens (primary N) is 1. The summed E-state index contributed by atoms with van der Waals surface area (Å²) in [6.45, 7) is 3.28. The summed E-state index contributed by atoms with van der Waals surface area (Å²) in [7, 11) is 0. The largest absolute Gasteiger partial charge is 0.467 e. The lowest BCUT2D eigenvalue weighted by molar-refractivity contribution is 0.0796. The highest BCUT2D eigenvalue weighted by Crippen LogP contribution is 2.15. The fraction of sp³-hybridized carbons (Fsp3) is 0.333. The molecule has 0 radical (unpaired) electrons. The Bertz CT molecular complexity index is 431. The molecule has 2 aromatic heterocycles. The molecular weight excluding hydrogens is 206 g/mol. The number of ether oxygens (including phenoxy) is 1. The first-order chi connectivity index (χ1) is 7.79. The van der Waals surface area contributed by atoms with Crippen molar-refractivity contribution in [2.75, 3.05) is 0 Å². The molecule has 0 unspecified atom stereocenters. The van der Waals surface area contributed by atoms with Crippen molar-refractivity contribution in [2.45, 2.75) is 26.7 Å². The molecule has 0 aliphatic carbocycles. The summed E-state index contributed by atoms with van der Waals surface area (Å²) in [5.41, 5.74) is 6.59. The number of furan rings is 2. The molecule has 0 amide bonds. The summed E-state index contributed by atoms with van der Waals surface area (Å²) in [6.07, 6.45) is 1.63. The Kier molecular flexibility index (Phi) is 3.44. The highest BCUT2D eigenvalue weighted by atomic mass is 16.5. The molecule has 2 aromatic rings. The molecule has 16 heavy (non-hydrogen) atoms. The Morgan fingerprint density at radius 3 is 2.75 bits per heavy atom. The van der Waals surface area contributed by atoms with Crippen LogP contribution in [0.1, 0.15) is 22.8 Å². The second kappa shape index (κ2) is 5.01. The molecule has 0 atom stereocenters. The molecule has 0 fully saturated rings. The Balaban J connectivity index is 1.85. The van der Waals surface area contributed by atoms with Gasteiger partial charge in [0.05, 0.1) is 12.8 Å². The van der Waals surface area contributed by atoms with E-state index in [-0.39, 0.29) is 0 Å². The Labute approximate surface area is 94.0 Å². The molecule has 0 saturated heterocycles. The van der Waals surface area contributed by atoms with Gasteiger partial charge in [0.15, 0.2) is 0 Å². The van der Waals surface area contributed by atoms with Crippen LogP contribution in [0, 0.1) is 6.92 Å². The maximum Gasteiger partial charge on any atom is 0.130 e. The van der Waals surface area contributed by atoms with Gasteiger partial charge in [0, 0.05) is 0 Å². The molecule has 86 valence electrons. The van der Waals surface area contributed by atoms with Gasteiger partial charge in [-0.1, -0.05) is 0 Å². The standard InChI is InChI=1S/C12H15NO3/c1-9-5-11(16-12(9)6-13)8-14-7-10-3-2-4-15-10/h2-5H,6-8,13H2,1H3. The molecular formula is C12H15NO3. The zero-order valence-electron chi connectivity index (χ0n) is 9.23. The lowest BCUT2D eigenvalue weighted by atomic mass is 10.3. The minimum absolute atomic E-state index is 0.421. The smallest absolute Gasteiger partial charge is 0.130 e. The van der Waals surface area contributed by atoms with Gasteiger partial charge in [-0.25, -0.2) is 0 Å². The third-order valence-electron chi connectivity index (χ3n) is 2.33. The average molecular weight is 221 g/mol. The molecule has 4 nitrogen and oxygen atoms in total. The van der Waals surface area contributed by atoms with E-state index in [0.29, 0.717) is 19.8 Å². The van der Waals surface area contributed by atoms with Gasteiger partial charge in [-0.2, -0.15) is 0 Å². The molecule has 0 saturated carbocycles. The van der Waals surface area contributed by atoms with E-state index in [2.05, 4.69) is 0 Å². The first-order valence-electron chi connectivity index (χ1n) is 5.18. The number of rotatable bonds is 5. The average Bonchev–Trinajstić information content (AvgIpc) is 2.88. The maximum atomic E-state index is 5.52. The van der Waals surface area contributed by atoms with Crippen molar-refractivity contribution in [3.05, 3.63) is 47.3 Å². The first kappa shape index (κ1) is 11.0. The summed E-state index contributed by atoms with van der Waals surface area (Å²) in [5.74, 6) is 2.42.